The first-order chi connectivity index (χ1) is 10.2. The topological polar surface area (TPSA) is 53.7 Å². The minimum atomic E-state index is 0.309. The summed E-state index contributed by atoms with van der Waals surface area (Å²) in [5.41, 5.74) is 7.32. The first kappa shape index (κ1) is 15.1. The van der Waals surface area contributed by atoms with Gasteiger partial charge in [-0.05, 0) is 29.8 Å². The predicted molar refractivity (Wildman–Crippen MR) is 86.2 cm³/mol. The first-order valence-corrected chi connectivity index (χ1v) is 6.79. The normalized spacial score (nSPS) is 10.0. The molecule has 110 valence electrons. The smallest absolute Gasteiger partial charge is 0.161 e. The third-order valence-electron chi connectivity index (χ3n) is 2.99. The van der Waals surface area contributed by atoms with Gasteiger partial charge in [0.2, 0.25) is 0 Å². The third kappa shape index (κ3) is 3.64. The molecular weight excluding hydrogens is 286 g/mol. The van der Waals surface area contributed by atoms with E-state index < -0.39 is 0 Å². The zero-order valence-corrected chi connectivity index (χ0v) is 12.8. The summed E-state index contributed by atoms with van der Waals surface area (Å²) in [6, 6.07) is 13.1. The van der Waals surface area contributed by atoms with E-state index in [4.69, 9.17) is 32.2 Å². The maximum Gasteiger partial charge on any atom is 0.161 e. The van der Waals surface area contributed by atoms with E-state index in [0.717, 1.165) is 5.56 Å². The van der Waals surface area contributed by atoms with Crippen LogP contribution in [0.4, 0.5) is 0 Å². The van der Waals surface area contributed by atoms with Gasteiger partial charge in [-0.25, -0.2) is 0 Å². The van der Waals surface area contributed by atoms with Crippen molar-refractivity contribution in [3.05, 3.63) is 53.6 Å². The Morgan fingerprint density at radius 2 is 1.67 bits per heavy atom. The van der Waals surface area contributed by atoms with E-state index in [2.05, 4.69) is 0 Å². The Bertz CT molecular complexity index is 643. The quantitative estimate of drug-likeness (QED) is 0.832. The number of para-hydroxylation sites is 2. The summed E-state index contributed by atoms with van der Waals surface area (Å²) < 4.78 is 16.3. The summed E-state index contributed by atoms with van der Waals surface area (Å²) in [6.45, 7) is 0.397. The van der Waals surface area contributed by atoms with Crippen molar-refractivity contribution in [2.24, 2.45) is 5.73 Å². The van der Waals surface area contributed by atoms with E-state index in [1.54, 1.807) is 14.2 Å². The molecule has 21 heavy (non-hydrogen) atoms. The fraction of sp³-hybridized carbons (Fsp3) is 0.188. The molecule has 0 heterocycles. The summed E-state index contributed by atoms with van der Waals surface area (Å²) in [5, 5.41) is 0. The molecule has 0 radical (unpaired) electrons. The lowest BCUT2D eigenvalue weighted by molar-refractivity contribution is 0.284. The van der Waals surface area contributed by atoms with Crippen LogP contribution in [0.2, 0.25) is 0 Å². The van der Waals surface area contributed by atoms with Gasteiger partial charge in [0.25, 0.3) is 0 Å². The van der Waals surface area contributed by atoms with E-state index in [9.17, 15) is 0 Å². The molecule has 2 aromatic carbocycles. The molecule has 0 aliphatic carbocycles. The van der Waals surface area contributed by atoms with Crippen molar-refractivity contribution in [2.45, 2.75) is 6.61 Å². The van der Waals surface area contributed by atoms with Gasteiger partial charge in [0, 0.05) is 0 Å². The van der Waals surface area contributed by atoms with E-state index in [0.29, 0.717) is 34.4 Å². The first-order valence-electron chi connectivity index (χ1n) is 6.38. The largest absolute Gasteiger partial charge is 0.496 e. The molecule has 0 atom stereocenters. The molecule has 0 amide bonds. The Balaban J connectivity index is 2.15. The van der Waals surface area contributed by atoms with E-state index >= 15 is 0 Å². The molecule has 0 bridgehead atoms. The number of hydrogen-bond acceptors (Lipinski definition) is 4. The predicted octanol–water partition coefficient (Wildman–Crippen LogP) is 2.92. The zero-order chi connectivity index (χ0) is 15.2. The lowest BCUT2D eigenvalue weighted by Gasteiger charge is -2.12. The molecule has 0 aromatic heterocycles. The highest BCUT2D eigenvalue weighted by atomic mass is 32.1. The van der Waals surface area contributed by atoms with Crippen LogP contribution in [0.1, 0.15) is 11.1 Å². The molecule has 0 saturated carbocycles. The SMILES string of the molecule is COc1ccccc1OCc1ccc(C(N)=S)c(OC)c1. The van der Waals surface area contributed by atoms with Gasteiger partial charge in [0.05, 0.1) is 19.8 Å². The van der Waals surface area contributed by atoms with E-state index in [-0.39, 0.29) is 0 Å². The Morgan fingerprint density at radius 1 is 1.00 bits per heavy atom. The summed E-state index contributed by atoms with van der Waals surface area (Å²) in [7, 11) is 3.20. The average Bonchev–Trinajstić information content (AvgIpc) is 2.52. The number of benzene rings is 2. The number of nitrogens with two attached hydrogens (primary N) is 1. The molecule has 2 N–H and O–H groups in total. The van der Waals surface area contributed by atoms with Gasteiger partial charge >= 0.3 is 0 Å². The molecule has 0 aliphatic rings. The van der Waals surface area contributed by atoms with Crippen LogP contribution in [-0.4, -0.2) is 19.2 Å². The Morgan fingerprint density at radius 3 is 2.29 bits per heavy atom. The zero-order valence-electron chi connectivity index (χ0n) is 12.0. The molecule has 0 saturated heterocycles. The van der Waals surface area contributed by atoms with Crippen LogP contribution in [0.25, 0.3) is 0 Å². The van der Waals surface area contributed by atoms with Crippen LogP contribution in [0.15, 0.2) is 42.5 Å². The van der Waals surface area contributed by atoms with Crippen LogP contribution in [0, 0.1) is 0 Å². The van der Waals surface area contributed by atoms with Gasteiger partial charge in [-0.15, -0.1) is 0 Å². The van der Waals surface area contributed by atoms with Gasteiger partial charge in [0.15, 0.2) is 11.5 Å². The second-order valence-corrected chi connectivity index (χ2v) is 4.78. The fourth-order valence-corrected chi connectivity index (χ4v) is 2.10. The molecule has 4 nitrogen and oxygen atoms in total. The molecule has 0 spiro atoms. The monoisotopic (exact) mass is 303 g/mol. The summed E-state index contributed by atoms with van der Waals surface area (Å²) in [4.78, 5) is 0.309. The fourth-order valence-electron chi connectivity index (χ4n) is 1.93. The summed E-state index contributed by atoms with van der Waals surface area (Å²) in [6.07, 6.45) is 0. The maximum absolute atomic E-state index is 5.77. The van der Waals surface area contributed by atoms with Gasteiger partial charge < -0.3 is 19.9 Å². The van der Waals surface area contributed by atoms with E-state index in [1.165, 1.54) is 0 Å². The van der Waals surface area contributed by atoms with Crippen molar-refractivity contribution >= 4 is 17.2 Å². The van der Waals surface area contributed by atoms with Crippen molar-refractivity contribution < 1.29 is 14.2 Å². The maximum atomic E-state index is 5.77. The Kier molecular flexibility index (Phi) is 5.00. The number of ether oxygens (including phenoxy) is 3. The Labute approximate surface area is 129 Å². The number of methoxy groups -OCH3 is 2. The van der Waals surface area contributed by atoms with Gasteiger partial charge in [0.1, 0.15) is 17.3 Å². The Hall–Kier alpha value is -2.27. The van der Waals surface area contributed by atoms with Crippen molar-refractivity contribution in [3.63, 3.8) is 0 Å². The second kappa shape index (κ2) is 6.95. The molecule has 0 fully saturated rings. The molecule has 0 unspecified atom stereocenters. The van der Waals surface area contributed by atoms with Crippen molar-refractivity contribution in [2.75, 3.05) is 14.2 Å². The lowest BCUT2D eigenvalue weighted by Crippen LogP contribution is -2.11. The van der Waals surface area contributed by atoms with E-state index in [1.807, 2.05) is 42.5 Å². The van der Waals surface area contributed by atoms with Gasteiger partial charge in [-0.2, -0.15) is 0 Å². The summed E-state index contributed by atoms with van der Waals surface area (Å²) in [5.74, 6) is 2.03. The third-order valence-corrected chi connectivity index (χ3v) is 3.21. The minimum Gasteiger partial charge on any atom is -0.496 e. The van der Waals surface area contributed by atoms with Crippen LogP contribution in [0.5, 0.6) is 17.2 Å². The molecule has 5 heteroatoms. The van der Waals surface area contributed by atoms with Gasteiger partial charge in [-0.3, -0.25) is 0 Å². The van der Waals surface area contributed by atoms with Crippen molar-refractivity contribution in [1.82, 2.24) is 0 Å². The van der Waals surface area contributed by atoms with Crippen LogP contribution < -0.4 is 19.9 Å². The van der Waals surface area contributed by atoms with Gasteiger partial charge in [-0.1, -0.05) is 30.4 Å². The van der Waals surface area contributed by atoms with Crippen LogP contribution >= 0.6 is 12.2 Å². The number of rotatable bonds is 6. The standard InChI is InChI=1S/C16H17NO3S/c1-18-13-5-3-4-6-14(13)20-10-11-7-8-12(16(17)21)15(9-11)19-2/h3-9H,10H2,1-2H3,(H2,17,21). The highest BCUT2D eigenvalue weighted by Gasteiger charge is 2.08. The van der Waals surface area contributed by atoms with Crippen LogP contribution in [0.3, 0.4) is 0 Å². The minimum absolute atomic E-state index is 0.309. The number of hydrogen-bond donors (Lipinski definition) is 1. The number of thiocarbonyl (C=S) groups is 1. The van der Waals surface area contributed by atoms with Crippen molar-refractivity contribution in [3.8, 4) is 17.2 Å². The van der Waals surface area contributed by atoms with Crippen molar-refractivity contribution in [1.29, 1.82) is 0 Å². The summed E-state index contributed by atoms with van der Waals surface area (Å²) >= 11 is 4.98. The second-order valence-electron chi connectivity index (χ2n) is 4.34. The molecule has 2 rings (SSSR count). The lowest BCUT2D eigenvalue weighted by atomic mass is 10.1. The molecular formula is C16H17NO3S. The molecule has 2 aromatic rings. The highest BCUT2D eigenvalue weighted by molar-refractivity contribution is 7.80. The van der Waals surface area contributed by atoms with Crippen LogP contribution in [-0.2, 0) is 6.61 Å². The highest BCUT2D eigenvalue weighted by Crippen LogP contribution is 2.27. The average molecular weight is 303 g/mol. The molecule has 0 aliphatic heterocycles.